The van der Waals surface area contributed by atoms with Gasteiger partial charge in [-0.3, -0.25) is 4.79 Å². The first-order chi connectivity index (χ1) is 13.6. The average Bonchev–Trinajstić information content (AvgIpc) is 3.31. The number of carbonyl (C=O) groups excluding carboxylic acids is 1. The van der Waals surface area contributed by atoms with Crippen molar-refractivity contribution in [2.24, 2.45) is 0 Å². The third-order valence-electron chi connectivity index (χ3n) is 5.13. The van der Waals surface area contributed by atoms with Gasteiger partial charge in [0.25, 0.3) is 5.91 Å². The molecule has 0 bridgehead atoms. The fourth-order valence-electron chi connectivity index (χ4n) is 3.81. The molecule has 3 N–H and O–H groups in total. The molecule has 146 valence electrons. The highest BCUT2D eigenvalue weighted by molar-refractivity contribution is 5.94. The number of nitrogens with zero attached hydrogens (tertiary/aromatic N) is 1. The molecule has 0 saturated carbocycles. The second-order valence-electron chi connectivity index (χ2n) is 6.82. The van der Waals surface area contributed by atoms with Gasteiger partial charge in [-0.25, -0.2) is 15.2 Å². The molecule has 0 radical (unpaired) electrons. The number of aromatic nitrogens is 1. The first-order valence-corrected chi connectivity index (χ1v) is 9.34. The molecule has 28 heavy (non-hydrogen) atoms. The van der Waals surface area contributed by atoms with Crippen molar-refractivity contribution < 1.29 is 13.9 Å². The summed E-state index contributed by atoms with van der Waals surface area (Å²) in [7, 11) is 1.67. The molecule has 2 atom stereocenters. The summed E-state index contributed by atoms with van der Waals surface area (Å²) in [4.78, 5) is 12.4. The van der Waals surface area contributed by atoms with E-state index in [2.05, 4.69) is 39.8 Å². The van der Waals surface area contributed by atoms with Crippen LogP contribution in [0.4, 0.5) is 4.39 Å². The summed E-state index contributed by atoms with van der Waals surface area (Å²) in [6.45, 7) is 2.93. The normalized spacial score (nSPS) is 19.1. The molecule has 6 nitrogen and oxygen atoms in total. The zero-order chi connectivity index (χ0) is 19.7. The number of rotatable bonds is 5. The van der Waals surface area contributed by atoms with Crippen molar-refractivity contribution in [2.45, 2.75) is 32.1 Å². The van der Waals surface area contributed by atoms with Crippen molar-refractivity contribution in [3.8, 4) is 5.75 Å². The van der Waals surface area contributed by atoms with Crippen molar-refractivity contribution in [3.05, 3.63) is 65.6 Å². The highest BCUT2D eigenvalue weighted by Gasteiger charge is 2.29. The zero-order valence-electron chi connectivity index (χ0n) is 15.8. The molecule has 1 aliphatic heterocycles. The van der Waals surface area contributed by atoms with Gasteiger partial charge in [0.05, 0.1) is 24.8 Å². The highest BCUT2D eigenvalue weighted by atomic mass is 19.1. The molecule has 1 fully saturated rings. The van der Waals surface area contributed by atoms with E-state index in [-0.39, 0.29) is 18.1 Å². The van der Waals surface area contributed by atoms with Crippen molar-refractivity contribution in [2.75, 3.05) is 7.11 Å². The number of nitrogens with one attached hydrogen (secondary N) is 3. The van der Waals surface area contributed by atoms with Crippen LogP contribution in [0.5, 0.6) is 5.75 Å². The number of carbonyl (C=O) groups is 1. The number of hydrogen-bond donors (Lipinski definition) is 3. The van der Waals surface area contributed by atoms with Crippen molar-refractivity contribution in [1.29, 1.82) is 0 Å². The van der Waals surface area contributed by atoms with E-state index in [1.807, 2.05) is 12.1 Å². The van der Waals surface area contributed by atoms with Crippen LogP contribution in [0.2, 0.25) is 0 Å². The van der Waals surface area contributed by atoms with Crippen LogP contribution < -0.4 is 20.9 Å². The number of ether oxygens (including phenoxy) is 1. The minimum absolute atomic E-state index is 0.0230. The summed E-state index contributed by atoms with van der Waals surface area (Å²) in [6, 6.07) is 13.9. The summed E-state index contributed by atoms with van der Waals surface area (Å²) in [5.74, 6) is 0.106. The number of amides is 1. The minimum atomic E-state index is -0.426. The third-order valence-corrected chi connectivity index (χ3v) is 5.13. The molecule has 2 heterocycles. The molecule has 0 spiro atoms. The monoisotopic (exact) mass is 382 g/mol. The molecule has 2 unspecified atom stereocenters. The van der Waals surface area contributed by atoms with Gasteiger partial charge < -0.3 is 14.6 Å². The van der Waals surface area contributed by atoms with E-state index in [9.17, 15) is 9.18 Å². The molecule has 1 saturated heterocycles. The Labute approximate surface area is 162 Å². The molecule has 1 aliphatic rings. The number of hydrazine groups is 1. The van der Waals surface area contributed by atoms with Crippen LogP contribution in [0, 0.1) is 5.82 Å². The topological polar surface area (TPSA) is 67.3 Å². The first-order valence-electron chi connectivity index (χ1n) is 9.34. The van der Waals surface area contributed by atoms with Crippen molar-refractivity contribution in [1.82, 2.24) is 20.7 Å². The molecule has 1 aromatic heterocycles. The van der Waals surface area contributed by atoms with E-state index in [4.69, 9.17) is 4.74 Å². The first kappa shape index (κ1) is 18.5. The molecule has 2 aromatic carbocycles. The number of hydrogen-bond acceptors (Lipinski definition) is 4. The molecular weight excluding hydrogens is 359 g/mol. The summed E-state index contributed by atoms with van der Waals surface area (Å²) in [6.07, 6.45) is 0.408. The smallest absolute Gasteiger partial charge is 0.252 e. The van der Waals surface area contributed by atoms with Gasteiger partial charge in [0.1, 0.15) is 11.6 Å². The van der Waals surface area contributed by atoms with Gasteiger partial charge >= 0.3 is 0 Å². The maximum atomic E-state index is 13.4. The standard InChI is InChI=1S/C21H23FN4O2/c1-3-26-17-8-5-9-19(28-2)15(17)11-18(26)16-12-20(25-24-16)23-21(27)13-6-4-7-14(22)10-13/h4-11,16,20,24-25H,3,12H2,1-2H3,(H,23,27). The number of methoxy groups -OCH3 is 1. The third kappa shape index (κ3) is 3.34. The van der Waals surface area contributed by atoms with E-state index >= 15 is 0 Å². The lowest BCUT2D eigenvalue weighted by Crippen LogP contribution is -2.44. The fourth-order valence-corrected chi connectivity index (χ4v) is 3.81. The Morgan fingerprint density at radius 1 is 1.25 bits per heavy atom. The van der Waals surface area contributed by atoms with Crippen LogP contribution in [0.15, 0.2) is 48.5 Å². The maximum absolute atomic E-state index is 13.4. The predicted octanol–water partition coefficient (Wildman–Crippen LogP) is 3.10. The molecular formula is C21H23FN4O2. The molecule has 7 heteroatoms. The average molecular weight is 382 g/mol. The van der Waals surface area contributed by atoms with Gasteiger partial charge in [-0.05, 0) is 43.3 Å². The molecule has 0 aliphatic carbocycles. The molecule has 1 amide bonds. The van der Waals surface area contributed by atoms with Crippen LogP contribution in [-0.4, -0.2) is 23.7 Å². The summed E-state index contributed by atoms with van der Waals surface area (Å²) < 4.78 is 21.1. The van der Waals surface area contributed by atoms with Crippen molar-refractivity contribution in [3.63, 3.8) is 0 Å². The Kier molecular flexibility index (Phi) is 5.02. The quantitative estimate of drug-likeness (QED) is 0.634. The summed E-state index contributed by atoms with van der Waals surface area (Å²) in [5, 5.41) is 3.97. The van der Waals surface area contributed by atoms with Crippen LogP contribution in [0.3, 0.4) is 0 Å². The van der Waals surface area contributed by atoms with Crippen LogP contribution in [0.25, 0.3) is 10.9 Å². The summed E-state index contributed by atoms with van der Waals surface area (Å²) in [5.41, 5.74) is 8.93. The Morgan fingerprint density at radius 2 is 2.07 bits per heavy atom. The van der Waals surface area contributed by atoms with E-state index in [1.54, 1.807) is 13.2 Å². The predicted molar refractivity (Wildman–Crippen MR) is 105 cm³/mol. The Hall–Kier alpha value is -2.90. The van der Waals surface area contributed by atoms with Crippen molar-refractivity contribution >= 4 is 16.8 Å². The lowest BCUT2D eigenvalue weighted by atomic mass is 10.1. The second kappa shape index (κ2) is 7.61. The Morgan fingerprint density at radius 3 is 2.82 bits per heavy atom. The van der Waals surface area contributed by atoms with Crippen LogP contribution >= 0.6 is 0 Å². The Bertz CT molecular complexity index is 1020. The van der Waals surface area contributed by atoms with Gasteiger partial charge in [0.15, 0.2) is 0 Å². The number of aryl methyl sites for hydroxylation is 1. The van der Waals surface area contributed by atoms with E-state index in [0.29, 0.717) is 12.0 Å². The highest BCUT2D eigenvalue weighted by Crippen LogP contribution is 2.33. The van der Waals surface area contributed by atoms with Gasteiger partial charge in [-0.1, -0.05) is 12.1 Å². The van der Waals surface area contributed by atoms with Crippen LogP contribution in [-0.2, 0) is 6.54 Å². The van der Waals surface area contributed by atoms with Gasteiger partial charge in [-0.2, -0.15) is 0 Å². The lowest BCUT2D eigenvalue weighted by molar-refractivity contribution is 0.0932. The number of fused-ring (bicyclic) bond motifs is 1. The maximum Gasteiger partial charge on any atom is 0.252 e. The zero-order valence-corrected chi connectivity index (χ0v) is 15.8. The Balaban J connectivity index is 1.53. The fraction of sp³-hybridized carbons (Fsp3) is 0.286. The van der Waals surface area contributed by atoms with E-state index < -0.39 is 5.82 Å². The van der Waals surface area contributed by atoms with Gasteiger partial charge in [0.2, 0.25) is 0 Å². The largest absolute Gasteiger partial charge is 0.496 e. The molecule has 3 aromatic rings. The molecule has 4 rings (SSSR count). The van der Waals surface area contributed by atoms with E-state index in [1.165, 1.54) is 18.2 Å². The van der Waals surface area contributed by atoms with Gasteiger partial charge in [0, 0.05) is 29.6 Å². The SMILES string of the molecule is CCn1c(C2CC(NC(=O)c3cccc(F)c3)NN2)cc2c(OC)cccc21. The number of halogens is 1. The van der Waals surface area contributed by atoms with Gasteiger partial charge in [-0.15, -0.1) is 0 Å². The summed E-state index contributed by atoms with van der Waals surface area (Å²) >= 11 is 0. The van der Waals surface area contributed by atoms with Crippen LogP contribution in [0.1, 0.15) is 35.4 Å². The van der Waals surface area contributed by atoms with E-state index in [0.717, 1.165) is 28.9 Å². The second-order valence-corrected chi connectivity index (χ2v) is 6.82. The number of benzene rings is 2. The minimum Gasteiger partial charge on any atom is -0.496 e. The lowest BCUT2D eigenvalue weighted by Gasteiger charge is -2.14.